The van der Waals surface area contributed by atoms with Crippen LogP contribution in [0.1, 0.15) is 32.1 Å². The molecule has 1 aromatic rings. The number of hydrogen-bond donors (Lipinski definition) is 2. The van der Waals surface area contributed by atoms with Crippen LogP contribution in [0.5, 0.6) is 0 Å². The second-order valence-corrected chi connectivity index (χ2v) is 5.62. The van der Waals surface area contributed by atoms with Gasteiger partial charge in [0, 0.05) is 24.1 Å². The Bertz CT molecular complexity index is 542. The molecular weight excluding hydrogens is 282 g/mol. The largest absolute Gasteiger partial charge is 0.325 e. The second kappa shape index (κ2) is 5.76. The molecule has 0 bridgehead atoms. The molecule has 0 aliphatic heterocycles. The normalized spacial score (nSPS) is 16.9. The fraction of sp³-hybridized carbons (Fsp3) is 0.462. The SMILES string of the molecule is NC1(CC(=O)Nc2cc([N+](=O)[O-])ccc2Cl)CCCC1. The molecule has 1 aliphatic carbocycles. The van der Waals surface area contributed by atoms with Crippen molar-refractivity contribution >= 4 is 28.9 Å². The van der Waals surface area contributed by atoms with E-state index in [0.717, 1.165) is 25.7 Å². The topological polar surface area (TPSA) is 98.3 Å². The molecule has 0 saturated heterocycles. The molecule has 0 atom stereocenters. The van der Waals surface area contributed by atoms with Gasteiger partial charge in [0.15, 0.2) is 0 Å². The maximum Gasteiger partial charge on any atom is 0.271 e. The van der Waals surface area contributed by atoms with Gasteiger partial charge in [-0.1, -0.05) is 24.4 Å². The molecule has 1 amide bonds. The monoisotopic (exact) mass is 297 g/mol. The van der Waals surface area contributed by atoms with Gasteiger partial charge < -0.3 is 11.1 Å². The van der Waals surface area contributed by atoms with Gasteiger partial charge in [0.1, 0.15) is 0 Å². The minimum absolute atomic E-state index is 0.118. The van der Waals surface area contributed by atoms with Gasteiger partial charge in [-0.2, -0.15) is 0 Å². The number of nitrogens with one attached hydrogen (secondary N) is 1. The molecule has 6 nitrogen and oxygen atoms in total. The van der Waals surface area contributed by atoms with Crippen LogP contribution >= 0.6 is 11.6 Å². The number of nitro groups is 1. The van der Waals surface area contributed by atoms with E-state index in [0.29, 0.717) is 0 Å². The Morgan fingerprint density at radius 2 is 2.10 bits per heavy atom. The van der Waals surface area contributed by atoms with Crippen molar-refractivity contribution < 1.29 is 9.72 Å². The average molecular weight is 298 g/mol. The van der Waals surface area contributed by atoms with Gasteiger partial charge >= 0.3 is 0 Å². The second-order valence-electron chi connectivity index (χ2n) is 5.22. The summed E-state index contributed by atoms with van der Waals surface area (Å²) in [5.41, 5.74) is 5.79. The summed E-state index contributed by atoms with van der Waals surface area (Å²) in [4.78, 5) is 22.2. The van der Waals surface area contributed by atoms with Crippen molar-refractivity contribution in [2.45, 2.75) is 37.6 Å². The molecule has 0 radical (unpaired) electrons. The molecule has 0 spiro atoms. The summed E-state index contributed by atoms with van der Waals surface area (Å²) in [6.45, 7) is 0. The predicted molar refractivity (Wildman–Crippen MR) is 76.7 cm³/mol. The third kappa shape index (κ3) is 3.46. The number of nitrogens with zero attached hydrogens (tertiary/aromatic N) is 1. The lowest BCUT2D eigenvalue weighted by Crippen LogP contribution is -2.40. The molecule has 7 heteroatoms. The lowest BCUT2D eigenvalue weighted by molar-refractivity contribution is -0.384. The van der Waals surface area contributed by atoms with Crippen LogP contribution in [0.4, 0.5) is 11.4 Å². The number of benzene rings is 1. The van der Waals surface area contributed by atoms with Crippen LogP contribution in [-0.4, -0.2) is 16.4 Å². The third-order valence-corrected chi connectivity index (χ3v) is 3.88. The van der Waals surface area contributed by atoms with Gasteiger partial charge in [-0.3, -0.25) is 14.9 Å². The molecule has 108 valence electrons. The number of hydrogen-bond acceptors (Lipinski definition) is 4. The number of amides is 1. The Morgan fingerprint density at radius 1 is 1.45 bits per heavy atom. The van der Waals surface area contributed by atoms with Crippen molar-refractivity contribution in [3.63, 3.8) is 0 Å². The molecule has 0 unspecified atom stereocenters. The van der Waals surface area contributed by atoms with Gasteiger partial charge in [0.05, 0.1) is 15.6 Å². The van der Waals surface area contributed by atoms with Crippen LogP contribution in [-0.2, 0) is 4.79 Å². The first-order valence-corrected chi connectivity index (χ1v) is 6.80. The standard InChI is InChI=1S/C13H16ClN3O3/c14-10-4-3-9(17(19)20)7-11(10)16-12(18)8-13(15)5-1-2-6-13/h3-4,7H,1-2,5-6,8,15H2,(H,16,18). The number of halogens is 1. The average Bonchev–Trinajstić information content (AvgIpc) is 2.78. The van der Waals surface area contributed by atoms with Gasteiger partial charge in [-0.25, -0.2) is 0 Å². The van der Waals surface area contributed by atoms with E-state index in [-0.39, 0.29) is 28.7 Å². The zero-order chi connectivity index (χ0) is 14.8. The van der Waals surface area contributed by atoms with Crippen LogP contribution < -0.4 is 11.1 Å². The summed E-state index contributed by atoms with van der Waals surface area (Å²) in [5, 5.41) is 13.6. The number of carbonyl (C=O) groups is 1. The molecule has 1 saturated carbocycles. The molecule has 3 N–H and O–H groups in total. The lowest BCUT2D eigenvalue weighted by atomic mass is 9.94. The first kappa shape index (κ1) is 14.7. The Hall–Kier alpha value is -1.66. The molecule has 2 rings (SSSR count). The Morgan fingerprint density at radius 3 is 2.70 bits per heavy atom. The highest BCUT2D eigenvalue weighted by molar-refractivity contribution is 6.33. The van der Waals surface area contributed by atoms with E-state index in [1.807, 2.05) is 0 Å². The first-order chi connectivity index (χ1) is 9.39. The number of non-ortho nitro benzene ring substituents is 1. The molecular formula is C13H16ClN3O3. The molecule has 20 heavy (non-hydrogen) atoms. The highest BCUT2D eigenvalue weighted by Gasteiger charge is 2.31. The highest BCUT2D eigenvalue weighted by Crippen LogP contribution is 2.31. The van der Waals surface area contributed by atoms with Crippen molar-refractivity contribution in [1.82, 2.24) is 0 Å². The Balaban J connectivity index is 2.07. The number of nitro benzene ring substituents is 1. The van der Waals surface area contributed by atoms with Crippen molar-refractivity contribution in [2.75, 3.05) is 5.32 Å². The van der Waals surface area contributed by atoms with E-state index in [1.165, 1.54) is 18.2 Å². The van der Waals surface area contributed by atoms with E-state index in [9.17, 15) is 14.9 Å². The van der Waals surface area contributed by atoms with E-state index in [4.69, 9.17) is 17.3 Å². The molecule has 0 heterocycles. The Labute approximate surface area is 121 Å². The smallest absolute Gasteiger partial charge is 0.271 e. The van der Waals surface area contributed by atoms with E-state index in [2.05, 4.69) is 5.32 Å². The summed E-state index contributed by atoms with van der Waals surface area (Å²) in [7, 11) is 0. The Kier molecular flexibility index (Phi) is 4.25. The van der Waals surface area contributed by atoms with Crippen LogP contribution in [0.25, 0.3) is 0 Å². The fourth-order valence-corrected chi connectivity index (χ4v) is 2.66. The summed E-state index contributed by atoms with van der Waals surface area (Å²) < 4.78 is 0. The maximum absolute atomic E-state index is 12.0. The molecule has 0 aromatic heterocycles. The summed E-state index contributed by atoms with van der Waals surface area (Å²) in [5.74, 6) is -0.267. The summed E-state index contributed by atoms with van der Waals surface area (Å²) >= 11 is 5.93. The van der Waals surface area contributed by atoms with Gasteiger partial charge in [-0.05, 0) is 18.9 Å². The van der Waals surface area contributed by atoms with E-state index >= 15 is 0 Å². The number of anilines is 1. The number of rotatable bonds is 4. The zero-order valence-electron chi connectivity index (χ0n) is 10.9. The van der Waals surface area contributed by atoms with Crippen molar-refractivity contribution in [2.24, 2.45) is 5.73 Å². The van der Waals surface area contributed by atoms with Crippen LogP contribution in [0.15, 0.2) is 18.2 Å². The number of nitrogens with two attached hydrogens (primary N) is 1. The van der Waals surface area contributed by atoms with E-state index in [1.54, 1.807) is 0 Å². The lowest BCUT2D eigenvalue weighted by Gasteiger charge is -2.22. The van der Waals surface area contributed by atoms with Crippen molar-refractivity contribution in [3.8, 4) is 0 Å². The van der Waals surface area contributed by atoms with Crippen molar-refractivity contribution in [3.05, 3.63) is 33.3 Å². The minimum atomic E-state index is -0.534. The summed E-state index contributed by atoms with van der Waals surface area (Å²) in [6.07, 6.45) is 3.90. The summed E-state index contributed by atoms with van der Waals surface area (Å²) in [6, 6.07) is 3.93. The van der Waals surface area contributed by atoms with Crippen LogP contribution in [0.3, 0.4) is 0 Å². The van der Waals surface area contributed by atoms with Gasteiger partial charge in [0.2, 0.25) is 5.91 Å². The van der Waals surface area contributed by atoms with Crippen LogP contribution in [0, 0.1) is 10.1 Å². The highest BCUT2D eigenvalue weighted by atomic mass is 35.5. The maximum atomic E-state index is 12.0. The van der Waals surface area contributed by atoms with E-state index < -0.39 is 10.5 Å². The quantitative estimate of drug-likeness (QED) is 0.659. The molecule has 1 aliphatic rings. The molecule has 1 aromatic carbocycles. The van der Waals surface area contributed by atoms with Crippen LogP contribution in [0.2, 0.25) is 5.02 Å². The third-order valence-electron chi connectivity index (χ3n) is 3.55. The zero-order valence-corrected chi connectivity index (χ0v) is 11.7. The van der Waals surface area contributed by atoms with Crippen molar-refractivity contribution in [1.29, 1.82) is 0 Å². The predicted octanol–water partition coefficient (Wildman–Crippen LogP) is 2.85. The fourth-order valence-electron chi connectivity index (χ4n) is 2.49. The minimum Gasteiger partial charge on any atom is -0.325 e. The number of carbonyl (C=O) groups excluding carboxylic acids is 1. The van der Waals surface area contributed by atoms with Gasteiger partial charge in [0.25, 0.3) is 5.69 Å². The van der Waals surface area contributed by atoms with Gasteiger partial charge in [-0.15, -0.1) is 0 Å². The first-order valence-electron chi connectivity index (χ1n) is 6.42. The molecule has 1 fully saturated rings.